The third kappa shape index (κ3) is 8.20. The van der Waals surface area contributed by atoms with Crippen LogP contribution in [-0.4, -0.2) is 79.9 Å². The highest BCUT2D eigenvalue weighted by molar-refractivity contribution is 7.90. The van der Waals surface area contributed by atoms with Gasteiger partial charge in [0.05, 0.1) is 27.2 Å². The highest BCUT2D eigenvalue weighted by Crippen LogP contribution is 2.38. The molecule has 6 rings (SSSR count). The van der Waals surface area contributed by atoms with Gasteiger partial charge >= 0.3 is 12.4 Å². The van der Waals surface area contributed by atoms with Gasteiger partial charge in [-0.25, -0.2) is 17.8 Å². The van der Waals surface area contributed by atoms with Gasteiger partial charge in [-0.3, -0.25) is 14.6 Å². The number of hydrogen-bond acceptors (Lipinski definition) is 6. The van der Waals surface area contributed by atoms with E-state index in [9.17, 15) is 43.9 Å². The molecule has 0 bridgehead atoms. The van der Waals surface area contributed by atoms with Gasteiger partial charge in [-0.1, -0.05) is 42.5 Å². The summed E-state index contributed by atoms with van der Waals surface area (Å²) in [4.78, 5) is 22.8. The molecular weight excluding hydrogens is 701 g/mol. The van der Waals surface area contributed by atoms with E-state index in [0.29, 0.717) is 45.4 Å². The van der Waals surface area contributed by atoms with Crippen LogP contribution in [0.5, 0.6) is 0 Å². The van der Waals surface area contributed by atoms with Crippen molar-refractivity contribution in [2.24, 2.45) is 0 Å². The van der Waals surface area contributed by atoms with Crippen molar-refractivity contribution in [2.75, 3.05) is 32.4 Å². The number of carbonyl (C=O) groups excluding carboxylic acids is 1. The number of nitrogens with zero attached hydrogens (tertiary/aromatic N) is 3. The first kappa shape index (κ1) is 36.7. The van der Waals surface area contributed by atoms with Crippen LogP contribution < -0.4 is 5.32 Å². The molecule has 2 atom stereocenters. The van der Waals surface area contributed by atoms with E-state index in [4.69, 9.17) is 0 Å². The minimum atomic E-state index is -4.95. The molecule has 2 saturated heterocycles. The van der Waals surface area contributed by atoms with Crippen LogP contribution in [0.2, 0.25) is 0 Å². The van der Waals surface area contributed by atoms with Crippen LogP contribution in [0.4, 0.5) is 30.7 Å². The van der Waals surface area contributed by atoms with Gasteiger partial charge in [-0.05, 0) is 68.2 Å². The Morgan fingerprint density at radius 1 is 0.922 bits per heavy atom. The van der Waals surface area contributed by atoms with Crippen LogP contribution in [0.1, 0.15) is 52.4 Å². The van der Waals surface area contributed by atoms with Gasteiger partial charge in [-0.15, -0.1) is 0 Å². The first-order valence-electron chi connectivity index (χ1n) is 16.4. The molecule has 2 fully saturated rings. The van der Waals surface area contributed by atoms with Gasteiger partial charge in [0, 0.05) is 48.4 Å². The number of benzene rings is 3. The molecule has 0 saturated carbocycles. The Bertz CT molecular complexity index is 2020. The van der Waals surface area contributed by atoms with E-state index in [-0.39, 0.29) is 56.3 Å². The van der Waals surface area contributed by atoms with E-state index >= 15 is 0 Å². The molecule has 3 heterocycles. The average Bonchev–Trinajstić information content (AvgIpc) is 3.52. The van der Waals surface area contributed by atoms with Crippen molar-refractivity contribution in [3.05, 3.63) is 95.1 Å². The molecule has 3 aromatic carbocycles. The maximum Gasteiger partial charge on any atom is 0.416 e. The molecule has 0 spiro atoms. The van der Waals surface area contributed by atoms with E-state index in [1.807, 2.05) is 4.90 Å². The Balaban J connectivity index is 1.52. The Hall–Kier alpha value is -4.08. The van der Waals surface area contributed by atoms with Crippen LogP contribution in [0, 0.1) is 0 Å². The number of fused-ring (bicyclic) bond motifs is 1. The SMILES string of the molecule is CS(=O)(=O)c1ccc2nc(-c3cccc(C(F)(F)F)c3)c(CN3CCC(N4CCC(F)C4)CC3)c(C(=O)N[C@H](c3ccccc3)C(F)(F)F)c2c1. The van der Waals surface area contributed by atoms with Gasteiger partial charge in [0.15, 0.2) is 15.9 Å². The number of carbonyl (C=O) groups is 1. The number of pyridine rings is 1. The van der Waals surface area contributed by atoms with Gasteiger partial charge in [0.1, 0.15) is 6.17 Å². The van der Waals surface area contributed by atoms with Crippen molar-refractivity contribution < 1.29 is 43.9 Å². The number of hydrogen-bond donors (Lipinski definition) is 1. The Kier molecular flexibility index (Phi) is 10.2. The molecular formula is C36H35F7N4O3S. The van der Waals surface area contributed by atoms with Gasteiger partial charge < -0.3 is 5.32 Å². The highest BCUT2D eigenvalue weighted by atomic mass is 32.2. The maximum absolute atomic E-state index is 14.5. The van der Waals surface area contributed by atoms with E-state index in [2.05, 4.69) is 15.2 Å². The predicted molar refractivity (Wildman–Crippen MR) is 177 cm³/mol. The standard InChI is InChI=1S/C36H35F7N4O3S/c1-51(49,50)27-10-11-30-28(19-27)31(34(48)45-33(36(41,42)43)22-6-3-2-4-7-22)29(32(44-30)23-8-5-9-24(18-23)35(38,39)40)21-46-15-13-26(14-16-46)47-17-12-25(37)20-47/h2-11,18-19,25-26,33H,12-17,20-21H2,1H3,(H,45,48)/t25?,33-/m1/s1. The molecule has 1 amide bonds. The average molecular weight is 737 g/mol. The van der Waals surface area contributed by atoms with Crippen LogP contribution >= 0.6 is 0 Å². The third-order valence-corrected chi connectivity index (χ3v) is 10.6. The number of alkyl halides is 7. The zero-order valence-corrected chi connectivity index (χ0v) is 28.3. The van der Waals surface area contributed by atoms with Gasteiger partial charge in [0.25, 0.3) is 5.91 Å². The van der Waals surface area contributed by atoms with Gasteiger partial charge in [-0.2, -0.15) is 26.3 Å². The third-order valence-electron chi connectivity index (χ3n) is 9.53. The molecule has 1 unspecified atom stereocenters. The zero-order valence-electron chi connectivity index (χ0n) is 27.4. The minimum absolute atomic E-state index is 0.000463. The summed E-state index contributed by atoms with van der Waals surface area (Å²) < 4.78 is 124. The highest BCUT2D eigenvalue weighted by Gasteiger charge is 2.43. The van der Waals surface area contributed by atoms with E-state index in [1.165, 1.54) is 54.6 Å². The second-order valence-electron chi connectivity index (χ2n) is 13.1. The number of nitrogens with one attached hydrogen (secondary N) is 1. The monoisotopic (exact) mass is 736 g/mol. The van der Waals surface area contributed by atoms with Crippen molar-refractivity contribution >= 4 is 26.6 Å². The lowest BCUT2D eigenvalue weighted by Crippen LogP contribution is -2.44. The molecule has 1 N–H and O–H groups in total. The number of amides is 1. The Labute approximate surface area is 290 Å². The molecule has 272 valence electrons. The topological polar surface area (TPSA) is 82.6 Å². The summed E-state index contributed by atoms with van der Waals surface area (Å²) in [5, 5.41) is 2.03. The fourth-order valence-corrected chi connectivity index (χ4v) is 7.60. The molecule has 1 aromatic heterocycles. The smallest absolute Gasteiger partial charge is 0.337 e. The number of piperidine rings is 1. The Morgan fingerprint density at radius 3 is 2.24 bits per heavy atom. The lowest BCUT2D eigenvalue weighted by molar-refractivity contribution is -0.155. The van der Waals surface area contributed by atoms with Crippen LogP contribution in [-0.2, 0) is 22.6 Å². The molecule has 7 nitrogen and oxygen atoms in total. The molecule has 15 heteroatoms. The van der Waals surface area contributed by atoms with E-state index in [0.717, 1.165) is 24.5 Å². The second-order valence-corrected chi connectivity index (χ2v) is 15.1. The lowest BCUT2D eigenvalue weighted by Gasteiger charge is -2.37. The van der Waals surface area contributed by atoms with Crippen LogP contribution in [0.25, 0.3) is 22.2 Å². The summed E-state index contributed by atoms with van der Waals surface area (Å²) in [6.45, 7) is 1.74. The van der Waals surface area contributed by atoms with Gasteiger partial charge in [0.2, 0.25) is 0 Å². The van der Waals surface area contributed by atoms with E-state index in [1.54, 1.807) is 0 Å². The van der Waals surface area contributed by atoms with Crippen molar-refractivity contribution in [3.8, 4) is 11.3 Å². The van der Waals surface area contributed by atoms with Crippen LogP contribution in [0.3, 0.4) is 0 Å². The van der Waals surface area contributed by atoms with Crippen LogP contribution in [0.15, 0.2) is 77.7 Å². The summed E-state index contributed by atoms with van der Waals surface area (Å²) in [7, 11) is -3.87. The second kappa shape index (κ2) is 14.2. The molecule has 2 aliphatic rings. The molecule has 4 aromatic rings. The number of aromatic nitrogens is 1. The zero-order chi connectivity index (χ0) is 36.7. The summed E-state index contributed by atoms with van der Waals surface area (Å²) in [5.41, 5.74) is -1.62. The fourth-order valence-electron chi connectivity index (χ4n) is 6.95. The summed E-state index contributed by atoms with van der Waals surface area (Å²) in [5.74, 6) is -1.21. The lowest BCUT2D eigenvalue weighted by atomic mass is 9.93. The van der Waals surface area contributed by atoms with Crippen molar-refractivity contribution in [1.29, 1.82) is 0 Å². The van der Waals surface area contributed by atoms with Crippen molar-refractivity contribution in [3.63, 3.8) is 0 Å². The summed E-state index contributed by atoms with van der Waals surface area (Å²) >= 11 is 0. The molecule has 0 radical (unpaired) electrons. The predicted octanol–water partition coefficient (Wildman–Crippen LogP) is 7.37. The maximum atomic E-state index is 14.5. The number of sulfone groups is 1. The summed E-state index contributed by atoms with van der Waals surface area (Å²) in [6.07, 6.45) is -7.96. The summed E-state index contributed by atoms with van der Waals surface area (Å²) in [6, 6.07) is 12.3. The Morgan fingerprint density at radius 2 is 1.63 bits per heavy atom. The number of rotatable bonds is 8. The van der Waals surface area contributed by atoms with E-state index < -0.39 is 45.9 Å². The largest absolute Gasteiger partial charge is 0.416 e. The van der Waals surface area contributed by atoms with Crippen molar-refractivity contribution in [2.45, 2.75) is 61.3 Å². The molecule has 2 aliphatic heterocycles. The molecule has 0 aliphatic carbocycles. The van der Waals surface area contributed by atoms with Crippen molar-refractivity contribution in [1.82, 2.24) is 20.1 Å². The normalized spacial score (nSPS) is 19.0. The minimum Gasteiger partial charge on any atom is -0.337 e. The fraction of sp³-hybridized carbons (Fsp3) is 0.389. The number of halogens is 7. The first-order valence-corrected chi connectivity index (χ1v) is 18.3. The first-order chi connectivity index (χ1) is 24.0. The quantitative estimate of drug-likeness (QED) is 0.191. The molecule has 51 heavy (non-hydrogen) atoms. The number of likely N-dealkylation sites (tertiary alicyclic amines) is 2.